The van der Waals surface area contributed by atoms with E-state index >= 15 is 0 Å². The first-order valence-electron chi connectivity index (χ1n) is 20.8. The van der Waals surface area contributed by atoms with Gasteiger partial charge in [0.25, 0.3) is 0 Å². The predicted octanol–water partition coefficient (Wildman–Crippen LogP) is 15.4. The Hall–Kier alpha value is -8.14. The molecule has 0 saturated carbocycles. The number of nitrogens with zero attached hydrogens (tertiary/aromatic N) is 3. The first kappa shape index (κ1) is 34.9. The fourth-order valence-corrected chi connectivity index (χ4v) is 9.24. The van der Waals surface area contributed by atoms with Gasteiger partial charge in [-0.2, -0.15) is 0 Å². The average Bonchev–Trinajstić information content (AvgIpc) is 3.68. The average molecular weight is 776 g/mol. The van der Waals surface area contributed by atoms with Crippen LogP contribution in [0.15, 0.2) is 225 Å². The van der Waals surface area contributed by atoms with E-state index in [0.29, 0.717) is 0 Å². The quantitative estimate of drug-likeness (QED) is 0.158. The number of hydrogen-bond donors (Lipinski definition) is 0. The fraction of sp³-hybridized carbons (Fsp3) is 0. The largest absolute Gasteiger partial charge is 0.309 e. The van der Waals surface area contributed by atoms with Crippen molar-refractivity contribution in [1.82, 2.24) is 14.5 Å². The van der Waals surface area contributed by atoms with E-state index in [2.05, 4.69) is 223 Å². The summed E-state index contributed by atoms with van der Waals surface area (Å²) in [5.74, 6) is 0. The summed E-state index contributed by atoms with van der Waals surface area (Å²) in [5.41, 5.74) is 16.8. The minimum Gasteiger partial charge on any atom is -0.309 e. The number of fused-ring (bicyclic) bond motifs is 9. The van der Waals surface area contributed by atoms with Crippen LogP contribution in [0.1, 0.15) is 0 Å². The molecule has 12 aromatic rings. The summed E-state index contributed by atoms with van der Waals surface area (Å²) >= 11 is 0. The van der Waals surface area contributed by atoms with E-state index in [-0.39, 0.29) is 0 Å². The molecule has 0 saturated heterocycles. The molecule has 0 aliphatic heterocycles. The lowest BCUT2D eigenvalue weighted by molar-refractivity contribution is 1.18. The molecule has 12 rings (SSSR count). The Labute approximate surface area is 353 Å². The maximum Gasteiger partial charge on any atom is 0.0979 e. The highest BCUT2D eigenvalue weighted by atomic mass is 15.0. The smallest absolute Gasteiger partial charge is 0.0979 e. The van der Waals surface area contributed by atoms with Gasteiger partial charge in [0.05, 0.1) is 34.0 Å². The number of hydrogen-bond acceptors (Lipinski definition) is 2. The molecule has 0 unspecified atom stereocenters. The van der Waals surface area contributed by atoms with Gasteiger partial charge in [-0.05, 0) is 104 Å². The monoisotopic (exact) mass is 775 g/mol. The third kappa shape index (κ3) is 5.98. The molecule has 0 radical (unpaired) electrons. The van der Waals surface area contributed by atoms with Gasteiger partial charge in [0.1, 0.15) is 0 Å². The molecule has 0 spiro atoms. The van der Waals surface area contributed by atoms with Gasteiger partial charge in [0.2, 0.25) is 0 Å². The molecule has 2 aromatic heterocycles. The van der Waals surface area contributed by atoms with Gasteiger partial charge in [-0.25, -0.2) is 4.98 Å². The number of para-hydroxylation sites is 1. The lowest BCUT2D eigenvalue weighted by atomic mass is 9.95. The van der Waals surface area contributed by atoms with Gasteiger partial charge in [-0.1, -0.05) is 170 Å². The van der Waals surface area contributed by atoms with E-state index in [1.807, 2.05) is 6.20 Å². The van der Waals surface area contributed by atoms with Crippen molar-refractivity contribution in [3.05, 3.63) is 225 Å². The van der Waals surface area contributed by atoms with Crippen LogP contribution in [0.2, 0.25) is 0 Å². The molecule has 0 aliphatic rings. The summed E-state index contributed by atoms with van der Waals surface area (Å²) in [6.07, 6.45) is 1.92. The summed E-state index contributed by atoms with van der Waals surface area (Å²) in [6.45, 7) is 0. The van der Waals surface area contributed by atoms with Crippen molar-refractivity contribution in [3.8, 4) is 61.5 Å². The highest BCUT2D eigenvalue weighted by Crippen LogP contribution is 2.38. The van der Waals surface area contributed by atoms with Crippen molar-refractivity contribution in [3.63, 3.8) is 0 Å². The van der Waals surface area contributed by atoms with Crippen molar-refractivity contribution in [1.29, 1.82) is 0 Å². The first-order chi connectivity index (χ1) is 30.2. The fourth-order valence-electron chi connectivity index (χ4n) is 9.24. The van der Waals surface area contributed by atoms with E-state index in [9.17, 15) is 0 Å². The Bertz CT molecular complexity index is 3600. The number of benzene rings is 10. The van der Waals surface area contributed by atoms with Crippen molar-refractivity contribution >= 4 is 54.4 Å². The summed E-state index contributed by atoms with van der Waals surface area (Å²) in [4.78, 5) is 10.3. The lowest BCUT2D eigenvalue weighted by Crippen LogP contribution is -1.93. The van der Waals surface area contributed by atoms with Crippen LogP contribution in [0.4, 0.5) is 0 Å². The standard InChI is InChI=1S/C58H37N3/c1-2-13-38(14-3-1)39-27-30-47(31-28-39)61-55-26-9-8-23-50(55)53-36-45(29-32-56(53)61)43-18-11-16-41(34-43)40-15-10-17-42(33-40)44-19-12-20-46(35-44)54-37-59-57-51-24-6-4-21-48(51)49-22-5-7-25-52(49)58(57)60-54/h1-37H. The van der Waals surface area contributed by atoms with E-state index in [1.165, 1.54) is 66.0 Å². The van der Waals surface area contributed by atoms with Gasteiger partial charge in [0.15, 0.2) is 0 Å². The van der Waals surface area contributed by atoms with Gasteiger partial charge in [-0.15, -0.1) is 0 Å². The molecule has 0 bridgehead atoms. The molecule has 0 amide bonds. The van der Waals surface area contributed by atoms with Crippen LogP contribution in [0.25, 0.3) is 116 Å². The summed E-state index contributed by atoms with van der Waals surface area (Å²) in [5, 5.41) is 7.12. The molecule has 284 valence electrons. The Balaban J connectivity index is 0.881. The number of aromatic nitrogens is 3. The predicted molar refractivity (Wildman–Crippen MR) is 256 cm³/mol. The zero-order valence-electron chi connectivity index (χ0n) is 33.2. The second-order valence-corrected chi connectivity index (χ2v) is 15.8. The highest BCUT2D eigenvalue weighted by Gasteiger charge is 2.15. The summed E-state index contributed by atoms with van der Waals surface area (Å²) in [6, 6.07) is 78.5. The maximum atomic E-state index is 5.26. The van der Waals surface area contributed by atoms with Crippen LogP contribution in [0.3, 0.4) is 0 Å². The van der Waals surface area contributed by atoms with Crippen LogP contribution < -0.4 is 0 Å². The molecule has 2 heterocycles. The Morgan fingerprint density at radius 2 is 0.721 bits per heavy atom. The topological polar surface area (TPSA) is 30.7 Å². The summed E-state index contributed by atoms with van der Waals surface area (Å²) < 4.78 is 2.39. The molecule has 0 fully saturated rings. The molecule has 3 nitrogen and oxygen atoms in total. The lowest BCUT2D eigenvalue weighted by Gasteiger charge is -2.12. The molecule has 61 heavy (non-hydrogen) atoms. The third-order valence-electron chi connectivity index (χ3n) is 12.2. The SMILES string of the molecule is c1ccc(-c2ccc(-n3c4ccccc4c4cc(-c5cccc(-c6cccc(-c7cccc(-c8cnc9c%10ccccc%10c%10ccccc%10c9n8)c7)c6)c5)ccc43)cc2)cc1. The molecular formula is C58H37N3. The van der Waals surface area contributed by atoms with Crippen LogP contribution in [-0.2, 0) is 0 Å². The molecule has 0 atom stereocenters. The van der Waals surface area contributed by atoms with Crippen molar-refractivity contribution in [2.24, 2.45) is 0 Å². The van der Waals surface area contributed by atoms with Crippen LogP contribution in [-0.4, -0.2) is 14.5 Å². The van der Waals surface area contributed by atoms with Crippen LogP contribution >= 0.6 is 0 Å². The minimum atomic E-state index is 0.861. The Morgan fingerprint density at radius 1 is 0.279 bits per heavy atom. The second-order valence-electron chi connectivity index (χ2n) is 15.8. The maximum absolute atomic E-state index is 5.26. The third-order valence-corrected chi connectivity index (χ3v) is 12.2. The van der Waals surface area contributed by atoms with Crippen LogP contribution in [0, 0.1) is 0 Å². The van der Waals surface area contributed by atoms with E-state index in [4.69, 9.17) is 9.97 Å². The highest BCUT2D eigenvalue weighted by molar-refractivity contribution is 6.23. The zero-order valence-corrected chi connectivity index (χ0v) is 33.2. The van der Waals surface area contributed by atoms with Gasteiger partial charge in [0, 0.05) is 32.8 Å². The van der Waals surface area contributed by atoms with Crippen molar-refractivity contribution in [2.75, 3.05) is 0 Å². The van der Waals surface area contributed by atoms with Crippen molar-refractivity contribution < 1.29 is 0 Å². The summed E-state index contributed by atoms with van der Waals surface area (Å²) in [7, 11) is 0. The van der Waals surface area contributed by atoms with E-state index in [1.54, 1.807) is 0 Å². The van der Waals surface area contributed by atoms with Crippen molar-refractivity contribution in [2.45, 2.75) is 0 Å². The molecule has 3 heteroatoms. The van der Waals surface area contributed by atoms with Gasteiger partial charge < -0.3 is 4.57 Å². The van der Waals surface area contributed by atoms with Gasteiger partial charge in [-0.3, -0.25) is 4.98 Å². The molecule has 10 aromatic carbocycles. The molecular weight excluding hydrogens is 739 g/mol. The normalized spacial score (nSPS) is 11.6. The van der Waals surface area contributed by atoms with Gasteiger partial charge >= 0.3 is 0 Å². The Kier molecular flexibility index (Phi) is 8.17. The van der Waals surface area contributed by atoms with Crippen LogP contribution in [0.5, 0.6) is 0 Å². The second kappa shape index (κ2) is 14.3. The first-order valence-corrected chi connectivity index (χ1v) is 20.8. The van der Waals surface area contributed by atoms with E-state index < -0.39 is 0 Å². The zero-order chi connectivity index (χ0) is 40.3. The molecule has 0 N–H and O–H groups in total. The van der Waals surface area contributed by atoms with E-state index in [0.717, 1.165) is 49.9 Å². The molecule has 0 aliphatic carbocycles. The Morgan fingerprint density at radius 3 is 1.36 bits per heavy atom. The minimum absolute atomic E-state index is 0.861. The number of rotatable bonds is 6.